The summed E-state index contributed by atoms with van der Waals surface area (Å²) in [5.41, 5.74) is 1.76. The lowest BCUT2D eigenvalue weighted by Gasteiger charge is -2.13. The first kappa shape index (κ1) is 15.3. The van der Waals surface area contributed by atoms with E-state index in [1.807, 2.05) is 55.5 Å². The average molecular weight is 335 g/mol. The van der Waals surface area contributed by atoms with Crippen molar-refractivity contribution >= 4 is 23.0 Å². The zero-order valence-electron chi connectivity index (χ0n) is 13.7. The SMILES string of the molecule is CC(NC(=O)/C=C/c1cc2ccccc2o1)c1ccc2c(c1)OCO2. The van der Waals surface area contributed by atoms with Crippen LogP contribution in [0.3, 0.4) is 0 Å². The number of amides is 1. The molecule has 1 aliphatic heterocycles. The smallest absolute Gasteiger partial charge is 0.244 e. The molecule has 25 heavy (non-hydrogen) atoms. The van der Waals surface area contributed by atoms with Crippen molar-refractivity contribution in [1.29, 1.82) is 0 Å². The minimum atomic E-state index is -0.189. The molecule has 126 valence electrons. The van der Waals surface area contributed by atoms with Crippen LogP contribution in [-0.4, -0.2) is 12.7 Å². The summed E-state index contributed by atoms with van der Waals surface area (Å²) in [6.07, 6.45) is 3.14. The number of para-hydroxylation sites is 1. The van der Waals surface area contributed by atoms with Crippen molar-refractivity contribution in [2.24, 2.45) is 0 Å². The normalized spacial score (nSPS) is 14.1. The van der Waals surface area contributed by atoms with Gasteiger partial charge in [-0.3, -0.25) is 4.79 Å². The molecule has 1 amide bonds. The van der Waals surface area contributed by atoms with Gasteiger partial charge in [-0.25, -0.2) is 0 Å². The largest absolute Gasteiger partial charge is 0.457 e. The molecule has 1 aromatic heterocycles. The third-order valence-electron chi connectivity index (χ3n) is 4.10. The van der Waals surface area contributed by atoms with Crippen LogP contribution in [-0.2, 0) is 4.79 Å². The highest BCUT2D eigenvalue weighted by atomic mass is 16.7. The highest BCUT2D eigenvalue weighted by Gasteiger charge is 2.16. The number of benzene rings is 2. The number of hydrogen-bond acceptors (Lipinski definition) is 4. The Balaban J connectivity index is 1.42. The quantitative estimate of drug-likeness (QED) is 0.731. The van der Waals surface area contributed by atoms with E-state index in [0.29, 0.717) is 11.5 Å². The van der Waals surface area contributed by atoms with Gasteiger partial charge in [0.2, 0.25) is 12.7 Å². The van der Waals surface area contributed by atoms with E-state index in [9.17, 15) is 4.79 Å². The molecule has 4 rings (SSSR count). The first-order valence-electron chi connectivity index (χ1n) is 8.06. The molecule has 5 nitrogen and oxygen atoms in total. The van der Waals surface area contributed by atoms with Crippen molar-refractivity contribution in [3.8, 4) is 11.5 Å². The molecule has 0 aliphatic carbocycles. The lowest BCUT2D eigenvalue weighted by Crippen LogP contribution is -2.24. The van der Waals surface area contributed by atoms with Crippen molar-refractivity contribution < 1.29 is 18.7 Å². The maximum atomic E-state index is 12.2. The third-order valence-corrected chi connectivity index (χ3v) is 4.10. The zero-order valence-corrected chi connectivity index (χ0v) is 13.7. The van der Waals surface area contributed by atoms with E-state index in [1.165, 1.54) is 6.08 Å². The number of carbonyl (C=O) groups is 1. The summed E-state index contributed by atoms with van der Waals surface area (Å²) in [7, 11) is 0. The molecule has 0 saturated heterocycles. The maximum Gasteiger partial charge on any atom is 0.244 e. The molecule has 0 spiro atoms. The van der Waals surface area contributed by atoms with Gasteiger partial charge in [-0.05, 0) is 42.8 Å². The molecular formula is C20H17NO4. The third kappa shape index (κ3) is 3.21. The summed E-state index contributed by atoms with van der Waals surface area (Å²) < 4.78 is 16.3. The van der Waals surface area contributed by atoms with E-state index in [2.05, 4.69) is 5.32 Å². The number of nitrogens with one attached hydrogen (secondary N) is 1. The summed E-state index contributed by atoms with van der Waals surface area (Å²) >= 11 is 0. The Morgan fingerprint density at radius 2 is 1.96 bits per heavy atom. The lowest BCUT2D eigenvalue weighted by molar-refractivity contribution is -0.117. The van der Waals surface area contributed by atoms with Gasteiger partial charge in [-0.1, -0.05) is 24.3 Å². The van der Waals surface area contributed by atoms with Gasteiger partial charge in [0, 0.05) is 11.5 Å². The number of hydrogen-bond donors (Lipinski definition) is 1. The van der Waals surface area contributed by atoms with Crippen LogP contribution in [0.1, 0.15) is 24.3 Å². The molecule has 2 aromatic carbocycles. The summed E-state index contributed by atoms with van der Waals surface area (Å²) in [6, 6.07) is 15.1. The van der Waals surface area contributed by atoms with Crippen LogP contribution >= 0.6 is 0 Å². The molecule has 0 bridgehead atoms. The Hall–Kier alpha value is -3.21. The molecule has 3 aromatic rings. The van der Waals surface area contributed by atoms with E-state index in [-0.39, 0.29) is 18.7 Å². The monoisotopic (exact) mass is 335 g/mol. The summed E-state index contributed by atoms with van der Waals surface area (Å²) in [5.74, 6) is 1.89. The van der Waals surface area contributed by atoms with Gasteiger partial charge >= 0.3 is 0 Å². The number of ether oxygens (including phenoxy) is 2. The van der Waals surface area contributed by atoms with Crippen molar-refractivity contribution in [1.82, 2.24) is 5.32 Å². The highest BCUT2D eigenvalue weighted by Crippen LogP contribution is 2.34. The molecule has 0 fully saturated rings. The predicted octanol–water partition coefficient (Wildman–Crippen LogP) is 4.05. The Labute approximate surface area is 144 Å². The Kier molecular flexibility index (Phi) is 3.90. The van der Waals surface area contributed by atoms with Crippen molar-refractivity contribution in [3.05, 3.63) is 65.9 Å². The van der Waals surface area contributed by atoms with Gasteiger partial charge in [0.25, 0.3) is 0 Å². The molecule has 5 heteroatoms. The van der Waals surface area contributed by atoms with Crippen LogP contribution < -0.4 is 14.8 Å². The van der Waals surface area contributed by atoms with Gasteiger partial charge in [0.05, 0.1) is 6.04 Å². The van der Waals surface area contributed by atoms with E-state index >= 15 is 0 Å². The topological polar surface area (TPSA) is 60.7 Å². The molecular weight excluding hydrogens is 318 g/mol. The second kappa shape index (κ2) is 6.36. The second-order valence-corrected chi connectivity index (χ2v) is 5.86. The fraction of sp³-hybridized carbons (Fsp3) is 0.150. The van der Waals surface area contributed by atoms with Crippen LogP contribution in [0.2, 0.25) is 0 Å². The van der Waals surface area contributed by atoms with Gasteiger partial charge in [0.1, 0.15) is 11.3 Å². The van der Waals surface area contributed by atoms with Crippen LogP contribution in [0.15, 0.2) is 59.0 Å². The standard InChI is InChI=1S/C20H17NO4/c1-13(14-6-8-18-19(11-14)24-12-23-18)21-20(22)9-7-16-10-15-4-2-3-5-17(15)25-16/h2-11,13H,12H2,1H3,(H,21,22)/b9-7+. The molecule has 0 radical (unpaired) electrons. The van der Waals surface area contributed by atoms with Crippen LogP contribution in [0.25, 0.3) is 17.0 Å². The van der Waals surface area contributed by atoms with E-state index in [4.69, 9.17) is 13.9 Å². The molecule has 0 saturated carbocycles. The van der Waals surface area contributed by atoms with E-state index < -0.39 is 0 Å². The molecule has 1 aliphatic rings. The van der Waals surface area contributed by atoms with Crippen LogP contribution in [0.5, 0.6) is 11.5 Å². The number of fused-ring (bicyclic) bond motifs is 2. The first-order chi connectivity index (χ1) is 12.2. The molecule has 1 atom stereocenters. The Morgan fingerprint density at radius 1 is 1.12 bits per heavy atom. The minimum absolute atomic E-state index is 0.151. The second-order valence-electron chi connectivity index (χ2n) is 5.86. The lowest BCUT2D eigenvalue weighted by atomic mass is 10.1. The van der Waals surface area contributed by atoms with Gasteiger partial charge in [-0.2, -0.15) is 0 Å². The number of rotatable bonds is 4. The zero-order chi connectivity index (χ0) is 17.2. The van der Waals surface area contributed by atoms with Gasteiger partial charge in [-0.15, -0.1) is 0 Å². The molecule has 2 heterocycles. The van der Waals surface area contributed by atoms with Gasteiger partial charge in [0.15, 0.2) is 11.5 Å². The van der Waals surface area contributed by atoms with Crippen LogP contribution in [0.4, 0.5) is 0 Å². The maximum absolute atomic E-state index is 12.2. The minimum Gasteiger partial charge on any atom is -0.457 e. The van der Waals surface area contributed by atoms with E-state index in [0.717, 1.165) is 22.3 Å². The average Bonchev–Trinajstić information content (AvgIpc) is 3.25. The fourth-order valence-corrected chi connectivity index (χ4v) is 2.77. The first-order valence-corrected chi connectivity index (χ1v) is 8.06. The van der Waals surface area contributed by atoms with E-state index in [1.54, 1.807) is 6.08 Å². The van der Waals surface area contributed by atoms with Crippen LogP contribution in [0, 0.1) is 0 Å². The number of furan rings is 1. The molecule has 1 unspecified atom stereocenters. The summed E-state index contributed by atoms with van der Waals surface area (Å²) in [6.45, 7) is 2.16. The highest BCUT2D eigenvalue weighted by molar-refractivity contribution is 5.92. The molecule has 1 N–H and O–H groups in total. The Bertz CT molecular complexity index is 924. The van der Waals surface area contributed by atoms with Crippen molar-refractivity contribution in [2.45, 2.75) is 13.0 Å². The Morgan fingerprint density at radius 3 is 2.84 bits per heavy atom. The van der Waals surface area contributed by atoms with Gasteiger partial charge < -0.3 is 19.2 Å². The summed E-state index contributed by atoms with van der Waals surface area (Å²) in [5, 5.41) is 3.94. The van der Waals surface area contributed by atoms with Crippen molar-refractivity contribution in [2.75, 3.05) is 6.79 Å². The fourth-order valence-electron chi connectivity index (χ4n) is 2.77. The number of carbonyl (C=O) groups excluding carboxylic acids is 1. The summed E-state index contributed by atoms with van der Waals surface area (Å²) in [4.78, 5) is 12.2. The van der Waals surface area contributed by atoms with Crippen molar-refractivity contribution in [3.63, 3.8) is 0 Å². The predicted molar refractivity (Wildman–Crippen MR) is 94.4 cm³/mol.